The summed E-state index contributed by atoms with van der Waals surface area (Å²) in [5, 5.41) is 11.8. The summed E-state index contributed by atoms with van der Waals surface area (Å²) in [6.07, 6.45) is 3.24. The predicted octanol–water partition coefficient (Wildman–Crippen LogP) is 1.16. The van der Waals surface area contributed by atoms with Crippen LogP contribution in [0.3, 0.4) is 0 Å². The number of hydrogen-bond donors (Lipinski definition) is 2. The number of carboxylic acids is 1. The molecule has 1 aliphatic heterocycles. The van der Waals surface area contributed by atoms with Crippen molar-refractivity contribution in [1.82, 2.24) is 5.32 Å². The van der Waals surface area contributed by atoms with E-state index in [0.29, 0.717) is 6.42 Å². The quantitative estimate of drug-likeness (QED) is 0.684. The van der Waals surface area contributed by atoms with Gasteiger partial charge in [0.1, 0.15) is 6.04 Å². The fourth-order valence-electron chi connectivity index (χ4n) is 3.33. The molecule has 0 aromatic rings. The van der Waals surface area contributed by atoms with E-state index in [-0.39, 0.29) is 16.7 Å². The second-order valence-corrected chi connectivity index (χ2v) is 5.41. The van der Waals surface area contributed by atoms with Crippen LogP contribution in [0.5, 0.6) is 0 Å². The molecule has 0 aromatic heterocycles. The van der Waals surface area contributed by atoms with Gasteiger partial charge in [-0.2, -0.15) is 0 Å². The number of hydrogen-bond acceptors (Lipinski definition) is 2. The zero-order chi connectivity index (χ0) is 11.3. The molecule has 2 atom stereocenters. The number of aliphatic carboxylic acids is 1. The zero-order valence-electron chi connectivity index (χ0n) is 9.17. The van der Waals surface area contributed by atoms with Gasteiger partial charge in [0.05, 0.1) is 0 Å². The maximum absolute atomic E-state index is 11.4. The van der Waals surface area contributed by atoms with E-state index in [1.807, 2.05) is 0 Å². The molecule has 1 amide bonds. The molecule has 1 saturated carbocycles. The lowest BCUT2D eigenvalue weighted by atomic mass is 9.63. The highest BCUT2D eigenvalue weighted by Gasteiger charge is 2.60. The monoisotopic (exact) mass is 211 g/mol. The molecular formula is C11H17NO3. The Kier molecular flexibility index (Phi) is 2.07. The topological polar surface area (TPSA) is 66.4 Å². The molecule has 1 aliphatic carbocycles. The number of rotatable bonds is 1. The largest absolute Gasteiger partial charge is 0.480 e. The number of carbonyl (C=O) groups excluding carboxylic acids is 1. The minimum Gasteiger partial charge on any atom is -0.480 e. The minimum absolute atomic E-state index is 0.0603. The maximum Gasteiger partial charge on any atom is 0.326 e. The molecule has 0 bridgehead atoms. The van der Waals surface area contributed by atoms with Gasteiger partial charge in [-0.1, -0.05) is 20.3 Å². The molecule has 2 N–H and O–H groups in total. The van der Waals surface area contributed by atoms with Gasteiger partial charge in [0.15, 0.2) is 0 Å². The SMILES string of the molecule is CC1(C)CCCC12CC(=O)NC2C(=O)O. The first kappa shape index (κ1) is 10.5. The zero-order valence-corrected chi connectivity index (χ0v) is 9.17. The smallest absolute Gasteiger partial charge is 0.326 e. The highest BCUT2D eigenvalue weighted by molar-refractivity contribution is 5.89. The van der Waals surface area contributed by atoms with Crippen LogP contribution in [0.25, 0.3) is 0 Å². The van der Waals surface area contributed by atoms with Crippen molar-refractivity contribution >= 4 is 11.9 Å². The average molecular weight is 211 g/mol. The first-order valence-corrected chi connectivity index (χ1v) is 5.41. The van der Waals surface area contributed by atoms with Gasteiger partial charge in [-0.3, -0.25) is 4.79 Å². The molecule has 1 saturated heterocycles. The van der Waals surface area contributed by atoms with Gasteiger partial charge >= 0.3 is 5.97 Å². The number of carbonyl (C=O) groups is 2. The Bertz CT molecular complexity index is 324. The van der Waals surface area contributed by atoms with Crippen LogP contribution in [-0.4, -0.2) is 23.0 Å². The molecule has 15 heavy (non-hydrogen) atoms. The summed E-state index contributed by atoms with van der Waals surface area (Å²) in [7, 11) is 0. The normalized spacial score (nSPS) is 38.3. The van der Waals surface area contributed by atoms with Crippen LogP contribution in [0.4, 0.5) is 0 Å². The molecule has 0 aromatic carbocycles. The van der Waals surface area contributed by atoms with Gasteiger partial charge < -0.3 is 10.4 Å². The summed E-state index contributed by atoms with van der Waals surface area (Å²) in [4.78, 5) is 22.6. The lowest BCUT2D eigenvalue weighted by molar-refractivity contribution is -0.144. The number of carboxylic acid groups (broad SMARTS) is 1. The first-order chi connectivity index (χ1) is 6.89. The summed E-state index contributed by atoms with van der Waals surface area (Å²) in [5.41, 5.74) is -0.425. The van der Waals surface area contributed by atoms with Crippen LogP contribution >= 0.6 is 0 Å². The van der Waals surface area contributed by atoms with Gasteiger partial charge in [-0.25, -0.2) is 4.79 Å². The van der Waals surface area contributed by atoms with Crippen LogP contribution in [-0.2, 0) is 9.59 Å². The third kappa shape index (κ3) is 1.27. The average Bonchev–Trinajstić information content (AvgIpc) is 2.56. The van der Waals surface area contributed by atoms with E-state index in [0.717, 1.165) is 19.3 Å². The third-order valence-corrected chi connectivity index (χ3v) is 4.35. The standard InChI is InChI=1S/C11H17NO3/c1-10(2)4-3-5-11(10)6-7(13)12-8(11)9(14)15/h8H,3-6H2,1-2H3,(H,12,13)(H,14,15). The van der Waals surface area contributed by atoms with E-state index in [1.165, 1.54) is 0 Å². The number of nitrogens with one attached hydrogen (secondary N) is 1. The third-order valence-electron chi connectivity index (χ3n) is 4.35. The molecule has 4 heteroatoms. The molecule has 2 rings (SSSR count). The second kappa shape index (κ2) is 2.97. The molecule has 0 radical (unpaired) electrons. The van der Waals surface area contributed by atoms with Crippen molar-refractivity contribution in [3.63, 3.8) is 0 Å². The first-order valence-electron chi connectivity index (χ1n) is 5.41. The molecule has 2 unspecified atom stereocenters. The molecule has 2 fully saturated rings. The van der Waals surface area contributed by atoms with Crippen molar-refractivity contribution in [3.05, 3.63) is 0 Å². The Labute approximate surface area is 89.0 Å². The summed E-state index contributed by atoms with van der Waals surface area (Å²) in [6.45, 7) is 4.16. The fraction of sp³-hybridized carbons (Fsp3) is 0.818. The molecular weight excluding hydrogens is 194 g/mol. The second-order valence-electron chi connectivity index (χ2n) is 5.41. The Hall–Kier alpha value is -1.06. The summed E-state index contributed by atoms with van der Waals surface area (Å²) < 4.78 is 0. The Morgan fingerprint density at radius 2 is 2.13 bits per heavy atom. The van der Waals surface area contributed by atoms with Gasteiger partial charge in [-0.05, 0) is 18.3 Å². The number of amides is 1. The van der Waals surface area contributed by atoms with E-state index in [2.05, 4.69) is 19.2 Å². The Morgan fingerprint density at radius 3 is 2.60 bits per heavy atom. The van der Waals surface area contributed by atoms with Crippen LogP contribution in [0.2, 0.25) is 0 Å². The van der Waals surface area contributed by atoms with Gasteiger partial charge in [0, 0.05) is 11.8 Å². The molecule has 84 valence electrons. The van der Waals surface area contributed by atoms with Crippen LogP contribution in [0, 0.1) is 10.8 Å². The lowest BCUT2D eigenvalue weighted by Crippen LogP contribution is -2.48. The van der Waals surface area contributed by atoms with Crippen molar-refractivity contribution < 1.29 is 14.7 Å². The van der Waals surface area contributed by atoms with Gasteiger partial charge in [0.2, 0.25) is 5.91 Å². The fourth-order valence-corrected chi connectivity index (χ4v) is 3.33. The van der Waals surface area contributed by atoms with E-state index in [9.17, 15) is 14.7 Å². The maximum atomic E-state index is 11.4. The van der Waals surface area contributed by atoms with E-state index in [1.54, 1.807) is 0 Å². The van der Waals surface area contributed by atoms with Crippen LogP contribution in [0.1, 0.15) is 39.5 Å². The van der Waals surface area contributed by atoms with Crippen molar-refractivity contribution in [2.45, 2.75) is 45.6 Å². The van der Waals surface area contributed by atoms with Gasteiger partial charge in [0.25, 0.3) is 0 Å². The van der Waals surface area contributed by atoms with Crippen molar-refractivity contribution in [2.75, 3.05) is 0 Å². The molecule has 1 heterocycles. The van der Waals surface area contributed by atoms with Gasteiger partial charge in [-0.15, -0.1) is 0 Å². The Morgan fingerprint density at radius 1 is 1.47 bits per heavy atom. The van der Waals surface area contributed by atoms with Crippen molar-refractivity contribution in [2.24, 2.45) is 10.8 Å². The lowest BCUT2D eigenvalue weighted by Gasteiger charge is -2.40. The molecule has 4 nitrogen and oxygen atoms in total. The Balaban J connectivity index is 2.41. The molecule has 2 aliphatic rings. The summed E-state index contributed by atoms with van der Waals surface area (Å²) in [6, 6.07) is -0.692. The van der Waals surface area contributed by atoms with E-state index in [4.69, 9.17) is 0 Å². The van der Waals surface area contributed by atoms with Crippen molar-refractivity contribution in [1.29, 1.82) is 0 Å². The van der Waals surface area contributed by atoms with Crippen molar-refractivity contribution in [3.8, 4) is 0 Å². The van der Waals surface area contributed by atoms with Crippen LogP contribution in [0.15, 0.2) is 0 Å². The summed E-state index contributed by atoms with van der Waals surface area (Å²) in [5.74, 6) is -1.01. The van der Waals surface area contributed by atoms with Crippen LogP contribution < -0.4 is 5.32 Å². The highest BCUT2D eigenvalue weighted by Crippen LogP contribution is 2.58. The minimum atomic E-state index is -0.893. The van der Waals surface area contributed by atoms with E-state index >= 15 is 0 Å². The van der Waals surface area contributed by atoms with E-state index < -0.39 is 12.0 Å². The highest BCUT2D eigenvalue weighted by atomic mass is 16.4. The molecule has 1 spiro atoms. The summed E-state index contributed by atoms with van der Waals surface area (Å²) >= 11 is 0. The predicted molar refractivity (Wildman–Crippen MR) is 54.2 cm³/mol.